The quantitative estimate of drug-likeness (QED) is 0.106. The van der Waals surface area contributed by atoms with Crippen LogP contribution in [0, 0.1) is 0 Å². The molecule has 0 saturated heterocycles. The Bertz CT molecular complexity index is 2170. The number of carbonyl (C=O) groups excluding carboxylic acids is 1. The van der Waals surface area contributed by atoms with E-state index in [1.807, 2.05) is 12.1 Å². The predicted molar refractivity (Wildman–Crippen MR) is 191 cm³/mol. The summed E-state index contributed by atoms with van der Waals surface area (Å²) in [7, 11) is 0. The fourth-order valence-electron chi connectivity index (χ4n) is 7.12. The molecule has 0 aliphatic carbocycles. The molecule has 5 aromatic carbocycles. The van der Waals surface area contributed by atoms with Gasteiger partial charge in [-0.25, -0.2) is 4.79 Å². The Morgan fingerprint density at radius 3 is 1.74 bits per heavy atom. The van der Waals surface area contributed by atoms with Crippen LogP contribution in [0.3, 0.4) is 0 Å². The number of aryl methyl sites for hydroxylation is 2. The molecule has 0 unspecified atom stereocenters. The highest BCUT2D eigenvalue weighted by Crippen LogP contribution is 2.34. The third-order valence-corrected chi connectivity index (χ3v) is 9.32. The fourth-order valence-corrected chi connectivity index (χ4v) is 7.12. The third kappa shape index (κ3) is 5.40. The first-order valence-corrected chi connectivity index (χ1v) is 16.3. The van der Waals surface area contributed by atoms with Gasteiger partial charge in [-0.1, -0.05) is 55.1 Å². The number of ether oxygens (including phenoxy) is 2. The number of anilines is 1. The third-order valence-electron chi connectivity index (χ3n) is 9.32. The van der Waals surface area contributed by atoms with Gasteiger partial charge in [0.25, 0.3) is 0 Å². The van der Waals surface area contributed by atoms with E-state index in [0.717, 1.165) is 44.0 Å². The zero-order valence-corrected chi connectivity index (χ0v) is 26.6. The number of nitrogens with zero attached hydrogens (tertiary/aromatic N) is 3. The number of hydrogen-bond acceptors (Lipinski definition) is 4. The Labute approximate surface area is 274 Å². The van der Waals surface area contributed by atoms with Crippen LogP contribution in [0.25, 0.3) is 43.6 Å². The molecule has 47 heavy (non-hydrogen) atoms. The van der Waals surface area contributed by atoms with Gasteiger partial charge in [0.05, 0.1) is 0 Å². The summed E-state index contributed by atoms with van der Waals surface area (Å²) in [5.41, 5.74) is 9.18. The van der Waals surface area contributed by atoms with Crippen LogP contribution in [-0.4, -0.2) is 28.3 Å². The van der Waals surface area contributed by atoms with E-state index in [9.17, 15) is 4.79 Å². The Morgan fingerprint density at radius 2 is 1.19 bits per heavy atom. The topological polar surface area (TPSA) is 48.6 Å². The summed E-state index contributed by atoms with van der Waals surface area (Å²) in [6.45, 7) is 9.13. The lowest BCUT2D eigenvalue weighted by atomic mass is 10.1. The maximum absolute atomic E-state index is 11.7. The van der Waals surface area contributed by atoms with E-state index >= 15 is 0 Å². The van der Waals surface area contributed by atoms with E-state index in [-0.39, 0.29) is 13.2 Å². The fraction of sp³-hybridized carbons (Fsp3) is 0.195. The summed E-state index contributed by atoms with van der Waals surface area (Å²) in [4.78, 5) is 14.1. The van der Waals surface area contributed by atoms with Crippen molar-refractivity contribution in [3.05, 3.63) is 132 Å². The predicted octanol–water partition coefficient (Wildman–Crippen LogP) is 9.01. The molecule has 4 aliphatic heterocycles. The van der Waals surface area contributed by atoms with Crippen LogP contribution < -0.4 is 9.64 Å². The zero-order valence-electron chi connectivity index (χ0n) is 26.6. The molecular weight excluding hydrogens is 582 g/mol. The minimum atomic E-state index is -0.401. The standard InChI is InChI=1S/C41H37N3O3/c1-28(2)41(45)47-23-22-46-32-16-14-31(15-17-32)42-26-29-12-18-39-35(24-29)33-8-3-5-10-37(33)43(39)20-7-21-44-38-11-6-4-9-34(38)36-25-30(27-42)13-19-40(36)44/h3-6,8-19,24-25H,1,7,20-23,26-27H2,2H3. The molecule has 0 amide bonds. The highest BCUT2D eigenvalue weighted by molar-refractivity contribution is 6.09. The monoisotopic (exact) mass is 619 g/mol. The Hall–Kier alpha value is -5.49. The van der Waals surface area contributed by atoms with Gasteiger partial charge in [-0.3, -0.25) is 0 Å². The van der Waals surface area contributed by atoms with Gasteiger partial charge in [0.2, 0.25) is 0 Å². The maximum Gasteiger partial charge on any atom is 0.333 e. The molecule has 2 aromatic heterocycles. The SMILES string of the molecule is C=C(C)C(=O)OCCOc1ccc(N2Cc3ccc4c(c3)c3ccccc3n4CCCn3c4ccccc4c4cc(ccc43)C2)cc1. The van der Waals surface area contributed by atoms with Crippen molar-refractivity contribution in [1.29, 1.82) is 0 Å². The van der Waals surface area contributed by atoms with Crippen molar-refractivity contribution in [3.8, 4) is 5.75 Å². The summed E-state index contributed by atoms with van der Waals surface area (Å²) in [6, 6.07) is 39.8. The van der Waals surface area contributed by atoms with E-state index < -0.39 is 5.97 Å². The number of aromatic nitrogens is 2. The van der Waals surface area contributed by atoms with Crippen LogP contribution in [0.4, 0.5) is 5.69 Å². The molecule has 0 atom stereocenters. The highest BCUT2D eigenvalue weighted by atomic mass is 16.6. The molecule has 234 valence electrons. The van der Waals surface area contributed by atoms with Gasteiger partial charge in [-0.2, -0.15) is 0 Å². The van der Waals surface area contributed by atoms with Crippen LogP contribution in [0.1, 0.15) is 24.5 Å². The van der Waals surface area contributed by atoms with Gasteiger partial charge in [0, 0.05) is 81.1 Å². The van der Waals surface area contributed by atoms with Gasteiger partial charge in [-0.05, 0) is 85.1 Å². The minimum absolute atomic E-state index is 0.178. The number of esters is 1. The van der Waals surface area contributed by atoms with E-state index in [0.29, 0.717) is 5.57 Å². The number of benzene rings is 5. The molecular formula is C41H37N3O3. The molecule has 8 bridgehead atoms. The zero-order chi connectivity index (χ0) is 31.9. The van der Waals surface area contributed by atoms with Gasteiger partial charge < -0.3 is 23.5 Å². The molecule has 6 heterocycles. The van der Waals surface area contributed by atoms with Gasteiger partial charge in [0.1, 0.15) is 19.0 Å². The van der Waals surface area contributed by atoms with Crippen molar-refractivity contribution < 1.29 is 14.3 Å². The second-order valence-electron chi connectivity index (χ2n) is 12.5. The molecule has 6 heteroatoms. The highest BCUT2D eigenvalue weighted by Gasteiger charge is 2.17. The lowest BCUT2D eigenvalue weighted by molar-refractivity contribution is -0.139. The number of para-hydroxylation sites is 2. The van der Waals surface area contributed by atoms with Crippen molar-refractivity contribution in [3.63, 3.8) is 0 Å². The van der Waals surface area contributed by atoms with E-state index in [4.69, 9.17) is 9.47 Å². The van der Waals surface area contributed by atoms with Crippen LogP contribution >= 0.6 is 0 Å². The van der Waals surface area contributed by atoms with E-state index in [1.54, 1.807) is 6.92 Å². The summed E-state index contributed by atoms with van der Waals surface area (Å²) in [5, 5.41) is 5.21. The molecule has 7 aromatic rings. The van der Waals surface area contributed by atoms with Crippen LogP contribution in [0.2, 0.25) is 0 Å². The molecule has 0 N–H and O–H groups in total. The second kappa shape index (κ2) is 12.0. The van der Waals surface area contributed by atoms with E-state index in [2.05, 4.69) is 118 Å². The molecule has 11 rings (SSSR count). The Morgan fingerprint density at radius 1 is 0.660 bits per heavy atom. The molecule has 6 nitrogen and oxygen atoms in total. The Kier molecular flexibility index (Phi) is 7.41. The lowest BCUT2D eigenvalue weighted by Crippen LogP contribution is -2.22. The molecule has 0 saturated carbocycles. The second-order valence-corrected chi connectivity index (χ2v) is 12.5. The van der Waals surface area contributed by atoms with Gasteiger partial charge in [0.15, 0.2) is 0 Å². The van der Waals surface area contributed by atoms with E-state index in [1.165, 1.54) is 54.7 Å². The maximum atomic E-state index is 11.7. The number of rotatable bonds is 6. The molecule has 0 radical (unpaired) electrons. The molecule has 4 aliphatic rings. The van der Waals surface area contributed by atoms with Gasteiger partial charge in [-0.15, -0.1) is 0 Å². The average molecular weight is 620 g/mol. The van der Waals surface area contributed by atoms with Crippen molar-refractivity contribution in [2.24, 2.45) is 0 Å². The number of hydrogen-bond donors (Lipinski definition) is 0. The summed E-state index contributed by atoms with van der Waals surface area (Å²) in [5.74, 6) is 0.334. The molecule has 0 fully saturated rings. The van der Waals surface area contributed by atoms with Crippen molar-refractivity contribution in [1.82, 2.24) is 9.13 Å². The number of fused-ring (bicyclic) bond motifs is 2. The first kappa shape index (κ1) is 28.9. The smallest absolute Gasteiger partial charge is 0.333 e. The lowest BCUT2D eigenvalue weighted by Gasteiger charge is -2.26. The van der Waals surface area contributed by atoms with Crippen molar-refractivity contribution in [2.45, 2.75) is 39.5 Å². The Balaban J connectivity index is 1.19. The normalized spacial score (nSPS) is 13.5. The number of carbonyl (C=O) groups is 1. The van der Waals surface area contributed by atoms with Crippen LogP contribution in [0.15, 0.2) is 121 Å². The van der Waals surface area contributed by atoms with Crippen LogP contribution in [0.5, 0.6) is 5.75 Å². The largest absolute Gasteiger partial charge is 0.490 e. The summed E-state index contributed by atoms with van der Waals surface area (Å²) < 4.78 is 16.1. The summed E-state index contributed by atoms with van der Waals surface area (Å²) in [6.07, 6.45) is 1.04. The average Bonchev–Trinajstić information content (AvgIpc) is 3.58. The molecule has 0 spiro atoms. The minimum Gasteiger partial charge on any atom is -0.490 e. The first-order chi connectivity index (χ1) is 23.0. The first-order valence-electron chi connectivity index (χ1n) is 16.3. The van der Waals surface area contributed by atoms with Crippen molar-refractivity contribution in [2.75, 3.05) is 18.1 Å². The van der Waals surface area contributed by atoms with Crippen LogP contribution in [-0.2, 0) is 35.7 Å². The summed E-state index contributed by atoms with van der Waals surface area (Å²) >= 11 is 0. The van der Waals surface area contributed by atoms with Gasteiger partial charge >= 0.3 is 5.97 Å². The van der Waals surface area contributed by atoms with Crippen molar-refractivity contribution >= 4 is 55.3 Å².